The highest BCUT2D eigenvalue weighted by molar-refractivity contribution is 5.93. The number of anilines is 1. The van der Waals surface area contributed by atoms with Gasteiger partial charge in [-0.25, -0.2) is 0 Å². The zero-order chi connectivity index (χ0) is 19.3. The van der Waals surface area contributed by atoms with Crippen LogP contribution in [0.5, 0.6) is 0 Å². The van der Waals surface area contributed by atoms with Crippen molar-refractivity contribution >= 4 is 28.4 Å². The van der Waals surface area contributed by atoms with Gasteiger partial charge in [-0.1, -0.05) is 36.4 Å². The Kier molecular flexibility index (Phi) is 5.42. The molecular formula is C23H25N3O2. The normalized spacial score (nSPS) is 16.9. The van der Waals surface area contributed by atoms with E-state index in [0.29, 0.717) is 19.5 Å². The largest absolute Gasteiger partial charge is 0.347 e. The lowest BCUT2D eigenvalue weighted by Gasteiger charge is -2.32. The zero-order valence-electron chi connectivity index (χ0n) is 15.9. The Bertz CT molecular complexity index is 964. The van der Waals surface area contributed by atoms with Crippen molar-refractivity contribution in [2.45, 2.75) is 25.8 Å². The van der Waals surface area contributed by atoms with Gasteiger partial charge in [0, 0.05) is 43.5 Å². The van der Waals surface area contributed by atoms with Crippen LogP contribution < -0.4 is 5.32 Å². The van der Waals surface area contributed by atoms with Crippen molar-refractivity contribution in [1.82, 2.24) is 9.47 Å². The molecule has 28 heavy (non-hydrogen) atoms. The molecule has 1 fully saturated rings. The van der Waals surface area contributed by atoms with Crippen molar-refractivity contribution in [2.24, 2.45) is 5.92 Å². The first-order valence-corrected chi connectivity index (χ1v) is 9.88. The molecule has 1 atom stereocenters. The minimum Gasteiger partial charge on any atom is -0.347 e. The van der Waals surface area contributed by atoms with Gasteiger partial charge < -0.3 is 14.8 Å². The van der Waals surface area contributed by atoms with Crippen molar-refractivity contribution in [3.05, 3.63) is 66.9 Å². The Balaban J connectivity index is 1.33. The third-order valence-corrected chi connectivity index (χ3v) is 5.43. The van der Waals surface area contributed by atoms with Gasteiger partial charge in [0.25, 0.3) is 0 Å². The number of benzene rings is 2. The van der Waals surface area contributed by atoms with Crippen LogP contribution in [0.25, 0.3) is 10.9 Å². The van der Waals surface area contributed by atoms with Gasteiger partial charge in [-0.2, -0.15) is 0 Å². The number of aryl methyl sites for hydroxylation is 1. The van der Waals surface area contributed by atoms with Crippen LogP contribution in [-0.2, 0) is 16.1 Å². The highest BCUT2D eigenvalue weighted by Gasteiger charge is 2.28. The Morgan fingerprint density at radius 3 is 2.64 bits per heavy atom. The first-order chi connectivity index (χ1) is 13.7. The summed E-state index contributed by atoms with van der Waals surface area (Å²) in [5.74, 6) is -0.0274. The second-order valence-corrected chi connectivity index (χ2v) is 7.35. The molecule has 144 valence electrons. The van der Waals surface area contributed by atoms with Gasteiger partial charge in [-0.3, -0.25) is 9.59 Å². The van der Waals surface area contributed by atoms with Gasteiger partial charge >= 0.3 is 0 Å². The van der Waals surface area contributed by atoms with E-state index in [0.717, 1.165) is 30.6 Å². The topological polar surface area (TPSA) is 54.3 Å². The molecule has 1 N–H and O–H groups in total. The molecule has 0 bridgehead atoms. The molecule has 1 aliphatic heterocycles. The summed E-state index contributed by atoms with van der Waals surface area (Å²) >= 11 is 0. The smallest absolute Gasteiger partial charge is 0.229 e. The van der Waals surface area contributed by atoms with E-state index >= 15 is 0 Å². The van der Waals surface area contributed by atoms with Crippen molar-refractivity contribution in [2.75, 3.05) is 18.4 Å². The Labute approximate surface area is 165 Å². The second kappa shape index (κ2) is 8.30. The molecule has 2 amide bonds. The van der Waals surface area contributed by atoms with E-state index in [-0.39, 0.29) is 17.7 Å². The van der Waals surface area contributed by atoms with Crippen LogP contribution in [0.15, 0.2) is 66.9 Å². The van der Waals surface area contributed by atoms with Gasteiger partial charge in [-0.05, 0) is 42.5 Å². The maximum Gasteiger partial charge on any atom is 0.229 e. The number of hydrogen-bond acceptors (Lipinski definition) is 2. The fourth-order valence-corrected chi connectivity index (χ4v) is 3.89. The quantitative estimate of drug-likeness (QED) is 0.735. The van der Waals surface area contributed by atoms with Crippen LogP contribution in [0.3, 0.4) is 0 Å². The van der Waals surface area contributed by atoms with E-state index < -0.39 is 0 Å². The lowest BCUT2D eigenvalue weighted by molar-refractivity contribution is -0.134. The summed E-state index contributed by atoms with van der Waals surface area (Å²) in [6, 6.07) is 19.7. The number of likely N-dealkylation sites (tertiary alicyclic amines) is 1. The standard InChI is InChI=1S/C23H25N3O2/c27-22(13-16-25-15-12-18-7-4-5-11-21(18)25)26-14-6-8-19(17-26)23(28)24-20-9-2-1-3-10-20/h1-5,7,9-12,15,19H,6,8,13-14,16-17H2,(H,24,28). The number of carbonyl (C=O) groups is 2. The summed E-state index contributed by atoms with van der Waals surface area (Å²) < 4.78 is 2.12. The van der Waals surface area contributed by atoms with Crippen molar-refractivity contribution in [1.29, 1.82) is 0 Å². The monoisotopic (exact) mass is 375 g/mol. The van der Waals surface area contributed by atoms with E-state index in [1.807, 2.05) is 53.6 Å². The molecular weight excluding hydrogens is 350 g/mol. The van der Waals surface area contributed by atoms with E-state index in [1.54, 1.807) is 0 Å². The molecule has 0 spiro atoms. The lowest BCUT2D eigenvalue weighted by atomic mass is 9.96. The predicted molar refractivity (Wildman–Crippen MR) is 111 cm³/mol. The number of nitrogens with one attached hydrogen (secondary N) is 1. The van der Waals surface area contributed by atoms with Gasteiger partial charge in [-0.15, -0.1) is 0 Å². The Hall–Kier alpha value is -3.08. The Morgan fingerprint density at radius 2 is 1.79 bits per heavy atom. The van der Waals surface area contributed by atoms with E-state index in [1.165, 1.54) is 5.39 Å². The van der Waals surface area contributed by atoms with Gasteiger partial charge in [0.1, 0.15) is 0 Å². The fourth-order valence-electron chi connectivity index (χ4n) is 3.89. The fraction of sp³-hybridized carbons (Fsp3) is 0.304. The van der Waals surface area contributed by atoms with Crippen molar-refractivity contribution < 1.29 is 9.59 Å². The maximum absolute atomic E-state index is 12.7. The summed E-state index contributed by atoms with van der Waals surface area (Å²) in [6.07, 6.45) is 4.17. The van der Waals surface area contributed by atoms with Crippen LogP contribution in [0.4, 0.5) is 5.69 Å². The Morgan fingerprint density at radius 1 is 1.00 bits per heavy atom. The summed E-state index contributed by atoms with van der Waals surface area (Å²) in [5, 5.41) is 4.15. The van der Waals surface area contributed by atoms with Gasteiger partial charge in [0.15, 0.2) is 0 Å². The summed E-state index contributed by atoms with van der Waals surface area (Å²) in [4.78, 5) is 27.2. The predicted octanol–water partition coefficient (Wildman–Crippen LogP) is 3.91. The molecule has 0 saturated carbocycles. The number of hydrogen-bond donors (Lipinski definition) is 1. The SMILES string of the molecule is O=C(Nc1ccccc1)C1CCCN(C(=O)CCn2ccc3ccccc32)C1. The lowest BCUT2D eigenvalue weighted by Crippen LogP contribution is -2.44. The molecule has 1 aromatic heterocycles. The molecule has 1 aliphatic rings. The van der Waals surface area contributed by atoms with Crippen LogP contribution in [0.2, 0.25) is 0 Å². The molecule has 5 heteroatoms. The number of aromatic nitrogens is 1. The molecule has 2 aromatic carbocycles. The first-order valence-electron chi connectivity index (χ1n) is 9.88. The van der Waals surface area contributed by atoms with Crippen LogP contribution >= 0.6 is 0 Å². The highest BCUT2D eigenvalue weighted by atomic mass is 16.2. The summed E-state index contributed by atoms with van der Waals surface area (Å²) in [5.41, 5.74) is 1.95. The summed E-state index contributed by atoms with van der Waals surface area (Å²) in [6.45, 7) is 1.90. The average Bonchev–Trinajstić information content (AvgIpc) is 3.16. The number of amides is 2. The van der Waals surface area contributed by atoms with Crippen LogP contribution in [0, 0.1) is 5.92 Å². The molecule has 1 unspecified atom stereocenters. The number of fused-ring (bicyclic) bond motifs is 1. The number of nitrogens with zero attached hydrogens (tertiary/aromatic N) is 2. The van der Waals surface area contributed by atoms with Crippen LogP contribution in [-0.4, -0.2) is 34.4 Å². The summed E-state index contributed by atoms with van der Waals surface area (Å²) in [7, 11) is 0. The number of piperidine rings is 1. The molecule has 1 saturated heterocycles. The molecule has 5 nitrogen and oxygen atoms in total. The van der Waals surface area contributed by atoms with E-state index in [2.05, 4.69) is 28.1 Å². The molecule has 0 radical (unpaired) electrons. The molecule has 2 heterocycles. The minimum absolute atomic E-state index is 0.0000959. The second-order valence-electron chi connectivity index (χ2n) is 7.35. The third-order valence-electron chi connectivity index (χ3n) is 5.43. The molecule has 0 aliphatic carbocycles. The average molecular weight is 375 g/mol. The van der Waals surface area contributed by atoms with Crippen molar-refractivity contribution in [3.63, 3.8) is 0 Å². The van der Waals surface area contributed by atoms with E-state index in [4.69, 9.17) is 0 Å². The third kappa shape index (κ3) is 4.09. The number of para-hydroxylation sites is 2. The van der Waals surface area contributed by atoms with Crippen LogP contribution in [0.1, 0.15) is 19.3 Å². The number of carbonyl (C=O) groups excluding carboxylic acids is 2. The number of rotatable bonds is 5. The van der Waals surface area contributed by atoms with Crippen molar-refractivity contribution in [3.8, 4) is 0 Å². The van der Waals surface area contributed by atoms with Gasteiger partial charge in [0.2, 0.25) is 11.8 Å². The molecule has 3 aromatic rings. The first kappa shape index (κ1) is 18.3. The zero-order valence-corrected chi connectivity index (χ0v) is 15.9. The maximum atomic E-state index is 12.7. The van der Waals surface area contributed by atoms with E-state index in [9.17, 15) is 9.59 Å². The van der Waals surface area contributed by atoms with Gasteiger partial charge in [0.05, 0.1) is 5.92 Å². The molecule has 4 rings (SSSR count). The minimum atomic E-state index is -0.148. The highest BCUT2D eigenvalue weighted by Crippen LogP contribution is 2.20.